The Kier molecular flexibility index (Phi) is 6.94. The molecule has 1 aliphatic heterocycles. The van der Waals surface area contributed by atoms with Crippen LogP contribution in [0.3, 0.4) is 0 Å². The lowest BCUT2D eigenvalue weighted by Gasteiger charge is -2.34. The molecule has 0 amide bonds. The Morgan fingerprint density at radius 3 is 2.09 bits per heavy atom. The van der Waals surface area contributed by atoms with E-state index in [0.29, 0.717) is 6.54 Å². The largest absolute Gasteiger partial charge is 0.398 e. The van der Waals surface area contributed by atoms with Gasteiger partial charge in [-0.1, -0.05) is 133 Å². The molecule has 254 valence electrons. The summed E-state index contributed by atoms with van der Waals surface area (Å²) in [5.41, 5.74) is 17.5. The van der Waals surface area contributed by atoms with Gasteiger partial charge in [0, 0.05) is 53.3 Å². The van der Waals surface area contributed by atoms with Gasteiger partial charge >= 0.3 is 0 Å². The Bertz CT molecular complexity index is 3170. The molecular weight excluding hydrogens is 675 g/mol. The SMILES string of the molecule is Nc1ccccc1C(=NCc1cccc2c(N3c4cc5ccccc5cc4-c4cccc5cccc3c45)cccc12)c1ccc2c(c1)sc1ccccc12. The monoisotopic (exact) mass is 707 g/mol. The minimum atomic E-state index is 0.508. The summed E-state index contributed by atoms with van der Waals surface area (Å²) in [6.07, 6.45) is 0. The third-order valence-electron chi connectivity index (χ3n) is 11.0. The van der Waals surface area contributed by atoms with Crippen molar-refractivity contribution in [2.24, 2.45) is 4.99 Å². The highest BCUT2D eigenvalue weighted by Gasteiger charge is 2.27. The maximum Gasteiger partial charge on any atom is 0.0744 e. The van der Waals surface area contributed by atoms with Crippen molar-refractivity contribution in [1.82, 2.24) is 0 Å². The highest BCUT2D eigenvalue weighted by Crippen LogP contribution is 2.53. The summed E-state index contributed by atoms with van der Waals surface area (Å²) < 4.78 is 2.54. The topological polar surface area (TPSA) is 41.6 Å². The first-order valence-corrected chi connectivity index (χ1v) is 19.2. The fourth-order valence-corrected chi connectivity index (χ4v) is 9.67. The van der Waals surface area contributed by atoms with E-state index in [1.807, 2.05) is 29.5 Å². The molecule has 0 atom stereocenters. The van der Waals surface area contributed by atoms with Crippen molar-refractivity contribution in [3.63, 3.8) is 0 Å². The van der Waals surface area contributed by atoms with Crippen molar-refractivity contribution in [2.45, 2.75) is 6.54 Å². The van der Waals surface area contributed by atoms with Gasteiger partial charge in [0.15, 0.2) is 0 Å². The molecule has 0 saturated heterocycles. The lowest BCUT2D eigenvalue weighted by Crippen LogP contribution is -2.15. The number of aliphatic imine (C=N–C) groups is 1. The maximum atomic E-state index is 6.65. The molecule has 0 aliphatic carbocycles. The number of thiophene rings is 1. The van der Waals surface area contributed by atoms with Crippen molar-refractivity contribution in [1.29, 1.82) is 0 Å². The molecule has 0 bridgehead atoms. The molecule has 0 unspecified atom stereocenters. The van der Waals surface area contributed by atoms with E-state index in [4.69, 9.17) is 10.7 Å². The zero-order valence-corrected chi connectivity index (χ0v) is 30.1. The first kappa shape index (κ1) is 30.8. The van der Waals surface area contributed by atoms with Crippen LogP contribution >= 0.6 is 11.3 Å². The fourth-order valence-electron chi connectivity index (χ4n) is 8.52. The molecule has 4 heteroatoms. The first-order chi connectivity index (χ1) is 26.7. The van der Waals surface area contributed by atoms with E-state index in [9.17, 15) is 0 Å². The van der Waals surface area contributed by atoms with E-state index in [0.717, 1.165) is 28.2 Å². The van der Waals surface area contributed by atoms with Gasteiger partial charge in [0.1, 0.15) is 0 Å². The van der Waals surface area contributed by atoms with Gasteiger partial charge in [-0.05, 0) is 75.1 Å². The fraction of sp³-hybridized carbons (Fsp3) is 0.0200. The number of rotatable bonds is 5. The van der Waals surface area contributed by atoms with Gasteiger partial charge in [-0.25, -0.2) is 0 Å². The van der Waals surface area contributed by atoms with Crippen LogP contribution in [0.2, 0.25) is 0 Å². The third-order valence-corrected chi connectivity index (χ3v) is 12.2. The van der Waals surface area contributed by atoms with Crippen LogP contribution in [0.4, 0.5) is 22.7 Å². The highest BCUT2D eigenvalue weighted by molar-refractivity contribution is 7.25. The number of hydrogen-bond donors (Lipinski definition) is 1. The standard InChI is InChI=1S/C50H33N3S/c51-43-21-5-3-17-41(43)50(34-25-26-39-38-16-4-6-24-47(38)54-48(39)29-34)52-30-35-15-8-19-37-36(35)18-10-22-44(37)53-45-23-9-14-31-13-7-20-40(49(31)45)42-27-32-11-1-2-12-33(32)28-46(42)53/h1-29H,30,51H2. The van der Waals surface area contributed by atoms with Crippen molar-refractivity contribution in [3.05, 3.63) is 193 Å². The second-order valence-corrected chi connectivity index (χ2v) is 15.2. The van der Waals surface area contributed by atoms with E-state index >= 15 is 0 Å². The van der Waals surface area contributed by atoms with Crippen LogP contribution in [0.5, 0.6) is 0 Å². The summed E-state index contributed by atoms with van der Waals surface area (Å²) >= 11 is 1.82. The van der Waals surface area contributed by atoms with Crippen LogP contribution in [0.25, 0.3) is 63.6 Å². The molecule has 9 aromatic carbocycles. The van der Waals surface area contributed by atoms with Crippen molar-refractivity contribution >= 4 is 92.3 Å². The molecule has 1 aliphatic rings. The van der Waals surface area contributed by atoms with Gasteiger partial charge in [0.2, 0.25) is 0 Å². The van der Waals surface area contributed by atoms with Crippen molar-refractivity contribution < 1.29 is 0 Å². The minimum Gasteiger partial charge on any atom is -0.398 e. The normalized spacial score (nSPS) is 12.7. The lowest BCUT2D eigenvalue weighted by atomic mass is 9.89. The van der Waals surface area contributed by atoms with Gasteiger partial charge in [-0.15, -0.1) is 11.3 Å². The number of anilines is 4. The van der Waals surface area contributed by atoms with Crippen LogP contribution < -0.4 is 10.6 Å². The molecule has 0 saturated carbocycles. The minimum absolute atomic E-state index is 0.508. The molecule has 11 rings (SSSR count). The lowest BCUT2D eigenvalue weighted by molar-refractivity contribution is 1.08. The Balaban J connectivity index is 1.08. The molecule has 10 aromatic rings. The zero-order chi connectivity index (χ0) is 35.8. The molecule has 0 radical (unpaired) electrons. The predicted octanol–water partition coefficient (Wildman–Crippen LogP) is 13.6. The van der Waals surface area contributed by atoms with Gasteiger partial charge in [0.25, 0.3) is 0 Å². The van der Waals surface area contributed by atoms with Gasteiger partial charge in [-0.2, -0.15) is 0 Å². The first-order valence-electron chi connectivity index (χ1n) is 18.4. The summed E-state index contributed by atoms with van der Waals surface area (Å²) in [4.78, 5) is 7.88. The predicted molar refractivity (Wildman–Crippen MR) is 232 cm³/mol. The van der Waals surface area contributed by atoms with E-state index in [-0.39, 0.29) is 0 Å². The Morgan fingerprint density at radius 1 is 0.500 bits per heavy atom. The summed E-state index contributed by atoms with van der Waals surface area (Å²) in [5, 5.41) is 9.92. The number of nitrogen functional groups attached to an aromatic ring is 1. The molecule has 0 spiro atoms. The zero-order valence-electron chi connectivity index (χ0n) is 29.3. The molecule has 2 N–H and O–H groups in total. The molecule has 3 nitrogen and oxygen atoms in total. The highest BCUT2D eigenvalue weighted by atomic mass is 32.1. The van der Waals surface area contributed by atoms with E-state index in [1.54, 1.807) is 0 Å². The third kappa shape index (κ3) is 4.77. The maximum absolute atomic E-state index is 6.65. The van der Waals surface area contributed by atoms with Crippen molar-refractivity contribution in [3.8, 4) is 11.1 Å². The van der Waals surface area contributed by atoms with Crippen LogP contribution in [0.15, 0.2) is 181 Å². The second-order valence-electron chi connectivity index (χ2n) is 14.1. The molecular formula is C50H33N3S. The van der Waals surface area contributed by atoms with Crippen LogP contribution in [-0.2, 0) is 6.54 Å². The van der Waals surface area contributed by atoms with Crippen LogP contribution in [-0.4, -0.2) is 5.71 Å². The number of nitrogens with two attached hydrogens (primary N) is 1. The Labute approximate surface area is 316 Å². The number of fused-ring (bicyclic) bond motifs is 7. The molecule has 54 heavy (non-hydrogen) atoms. The Hall–Kier alpha value is -6.75. The number of benzene rings is 9. The van der Waals surface area contributed by atoms with Crippen LogP contribution in [0.1, 0.15) is 16.7 Å². The van der Waals surface area contributed by atoms with Crippen LogP contribution in [0, 0.1) is 0 Å². The van der Waals surface area contributed by atoms with E-state index < -0.39 is 0 Å². The molecule has 1 aromatic heterocycles. The Morgan fingerprint density at radius 2 is 1.19 bits per heavy atom. The summed E-state index contributed by atoms with van der Waals surface area (Å²) in [7, 11) is 0. The summed E-state index contributed by atoms with van der Waals surface area (Å²) in [6.45, 7) is 0.508. The summed E-state index contributed by atoms with van der Waals surface area (Å²) in [5.74, 6) is 0. The smallest absolute Gasteiger partial charge is 0.0744 e. The van der Waals surface area contributed by atoms with Gasteiger partial charge in [-0.3, -0.25) is 4.99 Å². The average molecular weight is 708 g/mol. The molecule has 2 heterocycles. The van der Waals surface area contributed by atoms with E-state index in [2.05, 4.69) is 163 Å². The van der Waals surface area contributed by atoms with Gasteiger partial charge in [0.05, 0.1) is 29.3 Å². The van der Waals surface area contributed by atoms with E-state index in [1.165, 1.54) is 80.6 Å². The number of nitrogens with zero attached hydrogens (tertiary/aromatic N) is 2. The quantitative estimate of drug-likeness (QED) is 0.143. The summed E-state index contributed by atoms with van der Waals surface area (Å²) in [6, 6.07) is 63.5. The number of hydrogen-bond acceptors (Lipinski definition) is 4. The number of para-hydroxylation sites is 1. The average Bonchev–Trinajstić information content (AvgIpc) is 3.59. The second kappa shape index (κ2) is 12.2. The van der Waals surface area contributed by atoms with Gasteiger partial charge < -0.3 is 10.6 Å². The molecule has 0 fully saturated rings. The van der Waals surface area contributed by atoms with Crippen molar-refractivity contribution in [2.75, 3.05) is 10.6 Å².